The first-order valence-electron chi connectivity index (χ1n) is 8.37. The van der Waals surface area contributed by atoms with Gasteiger partial charge in [0.15, 0.2) is 17.3 Å². The number of rotatable bonds is 7. The van der Waals surface area contributed by atoms with Crippen molar-refractivity contribution in [2.24, 2.45) is 0 Å². The number of benzene rings is 2. The Morgan fingerprint density at radius 3 is 2.16 bits per heavy atom. The van der Waals surface area contributed by atoms with Gasteiger partial charge in [-0.05, 0) is 24.3 Å². The summed E-state index contributed by atoms with van der Waals surface area (Å²) in [6, 6.07) is 4.54. The van der Waals surface area contributed by atoms with Crippen LogP contribution < -0.4 is 14.8 Å². The van der Waals surface area contributed by atoms with Crippen molar-refractivity contribution in [3.8, 4) is 11.5 Å². The summed E-state index contributed by atoms with van der Waals surface area (Å²) < 4.78 is 118. The predicted molar refractivity (Wildman–Crippen MR) is 90.3 cm³/mol. The van der Waals surface area contributed by atoms with E-state index < -0.39 is 71.3 Å². The van der Waals surface area contributed by atoms with E-state index in [1.807, 2.05) is 0 Å². The van der Waals surface area contributed by atoms with Crippen molar-refractivity contribution < 1.29 is 53.8 Å². The summed E-state index contributed by atoms with van der Waals surface area (Å²) in [5.74, 6) is -16.0. The molecule has 3 aromatic rings. The van der Waals surface area contributed by atoms with E-state index >= 15 is 0 Å². The minimum Gasteiger partial charge on any atom is -0.479 e. The van der Waals surface area contributed by atoms with Gasteiger partial charge < -0.3 is 19.2 Å². The maximum absolute atomic E-state index is 13.6. The third-order valence-electron chi connectivity index (χ3n) is 3.82. The van der Waals surface area contributed by atoms with Crippen LogP contribution in [0.4, 0.5) is 40.8 Å². The van der Waals surface area contributed by atoms with E-state index in [0.717, 1.165) is 24.3 Å². The summed E-state index contributed by atoms with van der Waals surface area (Å²) in [7, 11) is 0. The standard InChI is InChI=1S/C19H9F8NO4/c20-7-1-3-9(11(5-7)32-19(26)27)28-18(29)10-4-2-8(31-10)6-30-17-15(24)13(22)12(21)14(23)16(17)25/h1-5,19H,6H2,(H,28,29). The number of carbonyl (C=O) groups excluding carboxylic acids is 1. The monoisotopic (exact) mass is 467 g/mol. The van der Waals surface area contributed by atoms with Gasteiger partial charge in [0.25, 0.3) is 5.91 Å². The Morgan fingerprint density at radius 1 is 0.906 bits per heavy atom. The molecule has 5 nitrogen and oxygen atoms in total. The Balaban J connectivity index is 1.73. The number of halogens is 8. The van der Waals surface area contributed by atoms with Crippen molar-refractivity contribution in [2.75, 3.05) is 5.32 Å². The second-order valence-electron chi connectivity index (χ2n) is 5.93. The number of hydrogen-bond acceptors (Lipinski definition) is 4. The third kappa shape index (κ3) is 4.76. The number of anilines is 1. The minimum atomic E-state index is -3.30. The van der Waals surface area contributed by atoms with Gasteiger partial charge in [0.1, 0.15) is 18.2 Å². The van der Waals surface area contributed by atoms with Gasteiger partial charge in [-0.3, -0.25) is 4.79 Å². The molecule has 32 heavy (non-hydrogen) atoms. The van der Waals surface area contributed by atoms with Gasteiger partial charge >= 0.3 is 6.61 Å². The highest BCUT2D eigenvalue weighted by atomic mass is 19.3. The first-order chi connectivity index (χ1) is 15.1. The first kappa shape index (κ1) is 22.9. The van der Waals surface area contributed by atoms with E-state index in [1.54, 1.807) is 0 Å². The SMILES string of the molecule is O=C(Nc1ccc(F)cc1OC(F)F)c1ccc(COc2c(F)c(F)c(F)c(F)c2F)o1. The number of furan rings is 1. The van der Waals surface area contributed by atoms with Gasteiger partial charge in [0.2, 0.25) is 29.1 Å². The average Bonchev–Trinajstić information content (AvgIpc) is 3.21. The fraction of sp³-hybridized carbons (Fsp3) is 0.105. The van der Waals surface area contributed by atoms with Crippen molar-refractivity contribution in [3.63, 3.8) is 0 Å². The van der Waals surface area contributed by atoms with E-state index in [9.17, 15) is 39.9 Å². The highest BCUT2D eigenvalue weighted by molar-refractivity contribution is 6.03. The Morgan fingerprint density at radius 2 is 1.53 bits per heavy atom. The molecule has 0 radical (unpaired) electrons. The molecule has 3 rings (SSSR count). The highest BCUT2D eigenvalue weighted by Crippen LogP contribution is 2.30. The van der Waals surface area contributed by atoms with Crippen molar-refractivity contribution in [2.45, 2.75) is 13.2 Å². The van der Waals surface area contributed by atoms with Crippen LogP contribution in [-0.2, 0) is 6.61 Å². The molecule has 0 bridgehead atoms. The zero-order chi connectivity index (χ0) is 23.6. The molecule has 1 amide bonds. The maximum Gasteiger partial charge on any atom is 0.387 e. The lowest BCUT2D eigenvalue weighted by molar-refractivity contribution is -0.0495. The Kier molecular flexibility index (Phi) is 6.55. The zero-order valence-corrected chi connectivity index (χ0v) is 15.3. The molecule has 0 fully saturated rings. The summed E-state index contributed by atoms with van der Waals surface area (Å²) in [6.07, 6.45) is 0. The van der Waals surface area contributed by atoms with Crippen molar-refractivity contribution in [1.82, 2.24) is 0 Å². The number of carbonyl (C=O) groups is 1. The molecule has 13 heteroatoms. The zero-order valence-electron chi connectivity index (χ0n) is 15.3. The van der Waals surface area contributed by atoms with Crippen molar-refractivity contribution >= 4 is 11.6 Å². The van der Waals surface area contributed by atoms with Crippen LogP contribution in [-0.4, -0.2) is 12.5 Å². The number of hydrogen-bond donors (Lipinski definition) is 1. The van der Waals surface area contributed by atoms with Crippen LogP contribution in [0.1, 0.15) is 16.3 Å². The Hall–Kier alpha value is -3.77. The van der Waals surface area contributed by atoms with Crippen LogP contribution in [0.5, 0.6) is 11.5 Å². The van der Waals surface area contributed by atoms with Gasteiger partial charge in [0.05, 0.1) is 5.69 Å². The molecule has 2 aromatic carbocycles. The summed E-state index contributed by atoms with van der Waals surface area (Å²) in [5, 5.41) is 2.13. The first-order valence-corrected chi connectivity index (χ1v) is 8.37. The molecule has 0 unspecified atom stereocenters. The quantitative estimate of drug-likeness (QED) is 0.281. The lowest BCUT2D eigenvalue weighted by Gasteiger charge is -2.11. The molecule has 0 saturated heterocycles. The number of nitrogens with one attached hydrogen (secondary N) is 1. The molecular weight excluding hydrogens is 458 g/mol. The van der Waals surface area contributed by atoms with Crippen LogP contribution in [0.2, 0.25) is 0 Å². The normalized spacial score (nSPS) is 11.0. The van der Waals surface area contributed by atoms with Crippen LogP contribution in [0.15, 0.2) is 34.7 Å². The van der Waals surface area contributed by atoms with Gasteiger partial charge in [-0.25, -0.2) is 17.6 Å². The smallest absolute Gasteiger partial charge is 0.387 e. The summed E-state index contributed by atoms with van der Waals surface area (Å²) >= 11 is 0. The molecule has 0 aliphatic rings. The molecule has 0 atom stereocenters. The summed E-state index contributed by atoms with van der Waals surface area (Å²) in [6.45, 7) is -4.14. The van der Waals surface area contributed by atoms with Crippen molar-refractivity contribution in [3.05, 3.63) is 76.8 Å². The molecule has 0 aliphatic heterocycles. The summed E-state index contributed by atoms with van der Waals surface area (Å²) in [4.78, 5) is 12.2. The van der Waals surface area contributed by atoms with Gasteiger partial charge in [0, 0.05) is 6.07 Å². The Labute approximate surface area is 173 Å². The maximum atomic E-state index is 13.6. The topological polar surface area (TPSA) is 60.7 Å². The fourth-order valence-corrected chi connectivity index (χ4v) is 2.41. The van der Waals surface area contributed by atoms with Crippen LogP contribution in [0.25, 0.3) is 0 Å². The molecule has 170 valence electrons. The number of amides is 1. The van der Waals surface area contributed by atoms with Gasteiger partial charge in [-0.2, -0.15) is 17.6 Å². The minimum absolute atomic E-state index is 0.262. The lowest BCUT2D eigenvalue weighted by atomic mass is 10.2. The molecule has 1 N–H and O–H groups in total. The Bertz CT molecular complexity index is 1140. The van der Waals surface area contributed by atoms with Crippen molar-refractivity contribution in [1.29, 1.82) is 0 Å². The largest absolute Gasteiger partial charge is 0.479 e. The van der Waals surface area contributed by atoms with Crippen LogP contribution >= 0.6 is 0 Å². The second kappa shape index (κ2) is 9.16. The molecule has 0 spiro atoms. The molecular formula is C19H9F8NO4. The molecule has 1 aromatic heterocycles. The highest BCUT2D eigenvalue weighted by Gasteiger charge is 2.27. The predicted octanol–water partition coefficient (Wildman–Crippen LogP) is 5.55. The van der Waals surface area contributed by atoms with E-state index in [1.165, 1.54) is 0 Å². The van der Waals surface area contributed by atoms with E-state index in [2.05, 4.69) is 14.8 Å². The van der Waals surface area contributed by atoms with Gasteiger partial charge in [-0.1, -0.05) is 0 Å². The fourth-order valence-electron chi connectivity index (χ4n) is 2.41. The number of ether oxygens (including phenoxy) is 2. The van der Waals surface area contributed by atoms with E-state index in [4.69, 9.17) is 4.42 Å². The lowest BCUT2D eigenvalue weighted by Crippen LogP contribution is -2.13. The van der Waals surface area contributed by atoms with E-state index in [0.29, 0.717) is 6.07 Å². The summed E-state index contributed by atoms with van der Waals surface area (Å²) in [5.41, 5.74) is -0.327. The third-order valence-corrected chi connectivity index (χ3v) is 3.82. The van der Waals surface area contributed by atoms with Crippen LogP contribution in [0, 0.1) is 34.9 Å². The average molecular weight is 467 g/mol. The van der Waals surface area contributed by atoms with E-state index in [-0.39, 0.29) is 11.4 Å². The molecule has 0 aliphatic carbocycles. The number of alkyl halides is 2. The van der Waals surface area contributed by atoms with Crippen LogP contribution in [0.3, 0.4) is 0 Å². The molecule has 0 saturated carbocycles. The van der Waals surface area contributed by atoms with Gasteiger partial charge in [-0.15, -0.1) is 0 Å². The second-order valence-corrected chi connectivity index (χ2v) is 5.93. The molecule has 1 heterocycles.